The highest BCUT2D eigenvalue weighted by Gasteiger charge is 2.37. The summed E-state index contributed by atoms with van der Waals surface area (Å²) < 4.78 is 2.06. The van der Waals surface area contributed by atoms with Crippen LogP contribution in [0.1, 0.15) is 62.9 Å². The molecule has 0 fully saturated rings. The fourth-order valence-corrected chi connectivity index (χ4v) is 5.75. The van der Waals surface area contributed by atoms with Gasteiger partial charge in [0, 0.05) is 17.1 Å². The van der Waals surface area contributed by atoms with E-state index >= 15 is 0 Å². The molecule has 2 aromatic heterocycles. The molecule has 176 valence electrons. The van der Waals surface area contributed by atoms with Crippen molar-refractivity contribution in [3.8, 4) is 11.3 Å². The number of imidazole rings is 1. The van der Waals surface area contributed by atoms with Crippen LogP contribution in [0, 0.1) is 0 Å². The van der Waals surface area contributed by atoms with Crippen molar-refractivity contribution in [3.05, 3.63) is 80.4 Å². The van der Waals surface area contributed by atoms with E-state index in [0.717, 1.165) is 27.5 Å². The van der Waals surface area contributed by atoms with Crippen LogP contribution >= 0.6 is 34.5 Å². The highest BCUT2D eigenvalue weighted by atomic mass is 35.5. The maximum Gasteiger partial charge on any atom is 0.194 e. The SMILES string of the molecule is CC1(C)CCC(C)(C)c2cc(-c3nc4sccn4c3/C=N/OCc3ccc(Cl)c(Cl)c3)ccc21. The van der Waals surface area contributed by atoms with E-state index < -0.39 is 0 Å². The first-order valence-electron chi connectivity index (χ1n) is 11.4. The smallest absolute Gasteiger partial charge is 0.194 e. The average Bonchev–Trinajstić information content (AvgIpc) is 3.39. The Morgan fingerprint density at radius 1 is 1.03 bits per heavy atom. The fraction of sp³-hybridized carbons (Fsp3) is 0.333. The summed E-state index contributed by atoms with van der Waals surface area (Å²) in [6, 6.07) is 12.2. The molecule has 0 saturated carbocycles. The number of aromatic nitrogens is 2. The summed E-state index contributed by atoms with van der Waals surface area (Å²) in [5.41, 5.74) is 6.99. The van der Waals surface area contributed by atoms with E-state index in [1.165, 1.54) is 24.0 Å². The molecular weight excluding hydrogens is 485 g/mol. The second-order valence-corrected chi connectivity index (χ2v) is 11.9. The van der Waals surface area contributed by atoms with E-state index in [1.807, 2.05) is 17.6 Å². The molecular formula is C27H27Cl2N3OS. The van der Waals surface area contributed by atoms with Crippen molar-refractivity contribution in [3.63, 3.8) is 0 Å². The van der Waals surface area contributed by atoms with Crippen molar-refractivity contribution in [1.29, 1.82) is 0 Å². The van der Waals surface area contributed by atoms with Crippen LogP contribution in [-0.2, 0) is 22.3 Å². The summed E-state index contributed by atoms with van der Waals surface area (Å²) in [5.74, 6) is 0. The van der Waals surface area contributed by atoms with Crippen LogP contribution in [0.2, 0.25) is 10.0 Å². The number of oxime groups is 1. The van der Waals surface area contributed by atoms with Crippen LogP contribution < -0.4 is 0 Å². The lowest BCUT2D eigenvalue weighted by Crippen LogP contribution is -2.33. The first kappa shape index (κ1) is 23.4. The van der Waals surface area contributed by atoms with Crippen LogP contribution in [0.5, 0.6) is 0 Å². The molecule has 0 spiro atoms. The van der Waals surface area contributed by atoms with E-state index in [-0.39, 0.29) is 10.8 Å². The lowest BCUT2D eigenvalue weighted by molar-refractivity contribution is 0.132. The lowest BCUT2D eigenvalue weighted by Gasteiger charge is -2.42. The molecule has 1 aliphatic carbocycles. The average molecular weight is 513 g/mol. The van der Waals surface area contributed by atoms with Gasteiger partial charge in [0.2, 0.25) is 0 Å². The zero-order valence-electron chi connectivity index (χ0n) is 19.7. The molecule has 5 rings (SSSR count). The van der Waals surface area contributed by atoms with Gasteiger partial charge in [-0.3, -0.25) is 4.40 Å². The van der Waals surface area contributed by atoms with Gasteiger partial charge in [-0.1, -0.05) is 74.3 Å². The predicted octanol–water partition coefficient (Wildman–Crippen LogP) is 8.27. The zero-order chi connectivity index (χ0) is 24.1. The Morgan fingerprint density at radius 2 is 1.79 bits per heavy atom. The molecule has 1 aliphatic rings. The molecule has 7 heteroatoms. The van der Waals surface area contributed by atoms with Gasteiger partial charge in [-0.25, -0.2) is 4.98 Å². The van der Waals surface area contributed by atoms with E-state index in [4.69, 9.17) is 33.0 Å². The maximum atomic E-state index is 6.10. The number of benzene rings is 2. The third-order valence-electron chi connectivity index (χ3n) is 6.89. The molecule has 0 radical (unpaired) electrons. The highest BCUT2D eigenvalue weighted by molar-refractivity contribution is 7.15. The molecule has 34 heavy (non-hydrogen) atoms. The van der Waals surface area contributed by atoms with E-state index in [9.17, 15) is 0 Å². The normalized spacial score (nSPS) is 16.8. The summed E-state index contributed by atoms with van der Waals surface area (Å²) in [7, 11) is 0. The van der Waals surface area contributed by atoms with Gasteiger partial charge < -0.3 is 4.84 Å². The summed E-state index contributed by atoms with van der Waals surface area (Å²) >= 11 is 13.7. The van der Waals surface area contributed by atoms with Gasteiger partial charge in [0.25, 0.3) is 0 Å². The van der Waals surface area contributed by atoms with Crippen LogP contribution in [-0.4, -0.2) is 15.6 Å². The van der Waals surface area contributed by atoms with Crippen LogP contribution in [0.15, 0.2) is 53.1 Å². The van der Waals surface area contributed by atoms with Crippen molar-refractivity contribution in [2.24, 2.45) is 5.16 Å². The number of rotatable bonds is 5. The molecule has 0 atom stereocenters. The zero-order valence-corrected chi connectivity index (χ0v) is 22.1. The van der Waals surface area contributed by atoms with Gasteiger partial charge in [-0.05, 0) is 58.6 Å². The third-order valence-corrected chi connectivity index (χ3v) is 8.39. The number of hydrogen-bond acceptors (Lipinski definition) is 4. The maximum absolute atomic E-state index is 6.10. The van der Waals surface area contributed by atoms with Crippen molar-refractivity contribution in [2.75, 3.05) is 0 Å². The highest BCUT2D eigenvalue weighted by Crippen LogP contribution is 2.47. The molecule has 0 amide bonds. The molecule has 4 aromatic rings. The second-order valence-electron chi connectivity index (χ2n) is 10.2. The molecule has 4 nitrogen and oxygen atoms in total. The summed E-state index contributed by atoms with van der Waals surface area (Å²) in [5, 5.41) is 7.31. The quantitative estimate of drug-likeness (QED) is 0.199. The van der Waals surface area contributed by atoms with Gasteiger partial charge >= 0.3 is 0 Å². The number of halogens is 2. The Labute approximate surface area is 214 Å². The summed E-state index contributed by atoms with van der Waals surface area (Å²) in [4.78, 5) is 11.5. The molecule has 0 bridgehead atoms. The first-order valence-corrected chi connectivity index (χ1v) is 13.0. The number of hydrogen-bond donors (Lipinski definition) is 0. The van der Waals surface area contributed by atoms with Crippen LogP contribution in [0.4, 0.5) is 0 Å². The topological polar surface area (TPSA) is 38.9 Å². The molecule has 2 heterocycles. The number of thiazole rings is 1. The van der Waals surface area contributed by atoms with Crippen molar-refractivity contribution in [1.82, 2.24) is 9.38 Å². The summed E-state index contributed by atoms with van der Waals surface area (Å²) in [6.07, 6.45) is 6.13. The van der Waals surface area contributed by atoms with Crippen LogP contribution in [0.3, 0.4) is 0 Å². The van der Waals surface area contributed by atoms with E-state index in [2.05, 4.69) is 55.5 Å². The van der Waals surface area contributed by atoms with Crippen molar-refractivity contribution < 1.29 is 4.84 Å². The van der Waals surface area contributed by atoms with E-state index in [1.54, 1.807) is 29.7 Å². The minimum atomic E-state index is 0.134. The first-order chi connectivity index (χ1) is 16.2. The molecule has 0 saturated heterocycles. The van der Waals surface area contributed by atoms with Crippen molar-refractivity contribution >= 4 is 45.7 Å². The summed E-state index contributed by atoms with van der Waals surface area (Å²) in [6.45, 7) is 9.68. The fourth-order valence-electron chi connectivity index (χ4n) is 4.70. The Balaban J connectivity index is 1.48. The van der Waals surface area contributed by atoms with E-state index in [0.29, 0.717) is 16.7 Å². The van der Waals surface area contributed by atoms with Crippen LogP contribution in [0.25, 0.3) is 16.2 Å². The number of fused-ring (bicyclic) bond motifs is 2. The van der Waals surface area contributed by atoms with Crippen molar-refractivity contribution in [2.45, 2.75) is 58.0 Å². The van der Waals surface area contributed by atoms with Gasteiger partial charge in [-0.15, -0.1) is 11.3 Å². The number of nitrogens with zero attached hydrogens (tertiary/aromatic N) is 3. The Bertz CT molecular complexity index is 1400. The largest absolute Gasteiger partial charge is 0.391 e. The Morgan fingerprint density at radius 3 is 2.56 bits per heavy atom. The Kier molecular flexibility index (Phi) is 5.99. The predicted molar refractivity (Wildman–Crippen MR) is 143 cm³/mol. The van der Waals surface area contributed by atoms with Gasteiger partial charge in [0.1, 0.15) is 6.61 Å². The minimum Gasteiger partial charge on any atom is -0.391 e. The van der Waals surface area contributed by atoms with Gasteiger partial charge in [0.15, 0.2) is 4.96 Å². The Hall–Kier alpha value is -2.34. The molecule has 0 N–H and O–H groups in total. The third kappa shape index (κ3) is 4.26. The minimum absolute atomic E-state index is 0.134. The molecule has 2 aromatic carbocycles. The molecule has 0 aliphatic heterocycles. The standard InChI is InChI=1S/C27H27Cl2N3OS/c1-26(2)9-10-27(3,4)20-14-18(6-7-19(20)26)24-23(32-11-12-34-25(32)31-24)15-30-33-16-17-5-8-21(28)22(29)13-17/h5-8,11-15H,9-10,16H2,1-4H3/b30-15+. The lowest BCUT2D eigenvalue weighted by atomic mass is 9.63. The monoisotopic (exact) mass is 511 g/mol. The van der Waals surface area contributed by atoms with Gasteiger partial charge in [-0.2, -0.15) is 0 Å². The second kappa shape index (κ2) is 8.71. The van der Waals surface area contributed by atoms with Gasteiger partial charge in [0.05, 0.1) is 27.6 Å². The molecule has 0 unspecified atom stereocenters.